The minimum atomic E-state index is 0.634. The van der Waals surface area contributed by atoms with Crippen LogP contribution in [0.25, 0.3) is 0 Å². The van der Waals surface area contributed by atoms with Crippen LogP contribution in [0.4, 0.5) is 0 Å². The van der Waals surface area contributed by atoms with Crippen LogP contribution in [-0.4, -0.2) is 31.1 Å². The largest absolute Gasteiger partial charge is 0.330 e. The Bertz CT molecular complexity index is 141. The lowest BCUT2D eigenvalue weighted by atomic mass is 9.82. The average molecular weight is 184 g/mol. The summed E-state index contributed by atoms with van der Waals surface area (Å²) in [5.74, 6) is 0. The molecular formula is C11H24N2. The lowest BCUT2D eigenvalue weighted by Crippen LogP contribution is -2.28. The van der Waals surface area contributed by atoms with Crippen molar-refractivity contribution in [3.05, 3.63) is 0 Å². The predicted octanol–water partition coefficient (Wildman–Crippen LogP) is 1.85. The molecule has 1 fully saturated rings. The van der Waals surface area contributed by atoms with Crippen LogP contribution < -0.4 is 5.73 Å². The van der Waals surface area contributed by atoms with Gasteiger partial charge in [-0.2, -0.15) is 0 Å². The first-order chi connectivity index (χ1) is 6.26. The molecule has 78 valence electrons. The van der Waals surface area contributed by atoms with Crippen molar-refractivity contribution in [1.82, 2.24) is 4.90 Å². The Hall–Kier alpha value is -0.0800. The van der Waals surface area contributed by atoms with Gasteiger partial charge in [0.05, 0.1) is 0 Å². The zero-order valence-corrected chi connectivity index (χ0v) is 9.18. The van der Waals surface area contributed by atoms with Gasteiger partial charge in [-0.3, -0.25) is 0 Å². The van der Waals surface area contributed by atoms with E-state index in [1.165, 1.54) is 38.9 Å². The second-order valence-electron chi connectivity index (χ2n) is 4.38. The first kappa shape index (κ1) is 11.0. The van der Waals surface area contributed by atoms with Crippen molar-refractivity contribution in [3.63, 3.8) is 0 Å². The number of nitrogens with two attached hydrogens (primary N) is 1. The summed E-state index contributed by atoms with van der Waals surface area (Å²) in [6.07, 6.45) is 5.22. The van der Waals surface area contributed by atoms with Crippen molar-refractivity contribution in [2.24, 2.45) is 11.1 Å². The van der Waals surface area contributed by atoms with Gasteiger partial charge in [0.2, 0.25) is 0 Å². The molecular weight excluding hydrogens is 160 g/mol. The summed E-state index contributed by atoms with van der Waals surface area (Å²) in [7, 11) is 0. The fourth-order valence-electron chi connectivity index (χ4n) is 2.36. The summed E-state index contributed by atoms with van der Waals surface area (Å²) in [5, 5.41) is 0. The molecule has 1 rings (SSSR count). The molecule has 2 nitrogen and oxygen atoms in total. The van der Waals surface area contributed by atoms with Gasteiger partial charge in [0.25, 0.3) is 0 Å². The lowest BCUT2D eigenvalue weighted by Gasteiger charge is -2.26. The third-order valence-corrected chi connectivity index (χ3v) is 3.70. The van der Waals surface area contributed by atoms with E-state index in [0.29, 0.717) is 5.41 Å². The Labute approximate surface area is 82.5 Å². The van der Waals surface area contributed by atoms with Gasteiger partial charge in [0, 0.05) is 6.54 Å². The molecule has 0 saturated carbocycles. The molecule has 0 radical (unpaired) electrons. The fraction of sp³-hybridized carbons (Fsp3) is 1.00. The molecule has 0 amide bonds. The molecule has 1 heterocycles. The van der Waals surface area contributed by atoms with E-state index in [4.69, 9.17) is 5.73 Å². The van der Waals surface area contributed by atoms with Crippen LogP contribution in [0, 0.1) is 5.41 Å². The quantitative estimate of drug-likeness (QED) is 0.706. The molecule has 0 unspecified atom stereocenters. The second-order valence-corrected chi connectivity index (χ2v) is 4.38. The minimum absolute atomic E-state index is 0.634. The Balaban J connectivity index is 2.33. The SMILES string of the molecule is CCC1(CC)CCN(CCCN)C1. The molecule has 0 atom stereocenters. The van der Waals surface area contributed by atoms with Gasteiger partial charge >= 0.3 is 0 Å². The molecule has 1 aliphatic rings. The van der Waals surface area contributed by atoms with Gasteiger partial charge < -0.3 is 10.6 Å². The van der Waals surface area contributed by atoms with Crippen LogP contribution in [0.1, 0.15) is 39.5 Å². The third-order valence-electron chi connectivity index (χ3n) is 3.70. The zero-order valence-electron chi connectivity index (χ0n) is 9.18. The van der Waals surface area contributed by atoms with Crippen LogP contribution in [-0.2, 0) is 0 Å². The molecule has 1 saturated heterocycles. The molecule has 0 spiro atoms. The van der Waals surface area contributed by atoms with E-state index in [2.05, 4.69) is 18.7 Å². The minimum Gasteiger partial charge on any atom is -0.330 e. The van der Waals surface area contributed by atoms with Gasteiger partial charge in [0.15, 0.2) is 0 Å². The number of likely N-dealkylation sites (tertiary alicyclic amines) is 1. The van der Waals surface area contributed by atoms with Gasteiger partial charge in [-0.15, -0.1) is 0 Å². The van der Waals surface area contributed by atoms with Gasteiger partial charge in [0.1, 0.15) is 0 Å². The summed E-state index contributed by atoms with van der Waals surface area (Å²) in [4.78, 5) is 2.58. The number of rotatable bonds is 5. The first-order valence-corrected chi connectivity index (χ1v) is 5.69. The normalized spacial score (nSPS) is 22.4. The molecule has 2 N–H and O–H groups in total. The van der Waals surface area contributed by atoms with Crippen molar-refractivity contribution in [2.75, 3.05) is 26.2 Å². The zero-order chi connectivity index (χ0) is 9.73. The lowest BCUT2D eigenvalue weighted by molar-refractivity contribution is 0.240. The average Bonchev–Trinajstić information content (AvgIpc) is 2.59. The standard InChI is InChI=1S/C11H24N2/c1-3-11(4-2)6-9-13(10-11)8-5-7-12/h3-10,12H2,1-2H3. The predicted molar refractivity (Wildman–Crippen MR) is 57.7 cm³/mol. The van der Waals surface area contributed by atoms with Crippen LogP contribution in [0.3, 0.4) is 0 Å². The second kappa shape index (κ2) is 4.97. The highest BCUT2D eigenvalue weighted by molar-refractivity contribution is 4.87. The van der Waals surface area contributed by atoms with Crippen molar-refractivity contribution in [1.29, 1.82) is 0 Å². The van der Waals surface area contributed by atoms with E-state index >= 15 is 0 Å². The van der Waals surface area contributed by atoms with Crippen molar-refractivity contribution in [3.8, 4) is 0 Å². The summed E-state index contributed by atoms with van der Waals surface area (Å²) in [6.45, 7) is 9.30. The summed E-state index contributed by atoms with van der Waals surface area (Å²) in [5.41, 5.74) is 6.15. The van der Waals surface area contributed by atoms with E-state index in [1.54, 1.807) is 0 Å². The van der Waals surface area contributed by atoms with Gasteiger partial charge in [-0.05, 0) is 50.7 Å². The Morgan fingerprint density at radius 3 is 2.46 bits per heavy atom. The van der Waals surface area contributed by atoms with Crippen LogP contribution in [0.2, 0.25) is 0 Å². The molecule has 0 aromatic carbocycles. The highest BCUT2D eigenvalue weighted by Crippen LogP contribution is 2.36. The van der Waals surface area contributed by atoms with Crippen LogP contribution in [0.5, 0.6) is 0 Å². The summed E-state index contributed by atoms with van der Waals surface area (Å²) >= 11 is 0. The third kappa shape index (κ3) is 2.68. The van der Waals surface area contributed by atoms with Gasteiger partial charge in [-0.1, -0.05) is 13.8 Å². The molecule has 0 bridgehead atoms. The Kier molecular flexibility index (Phi) is 4.20. The highest BCUT2D eigenvalue weighted by Gasteiger charge is 2.34. The maximum atomic E-state index is 5.51. The fourth-order valence-corrected chi connectivity index (χ4v) is 2.36. The highest BCUT2D eigenvalue weighted by atomic mass is 15.2. The van der Waals surface area contributed by atoms with E-state index in [9.17, 15) is 0 Å². The number of hydrogen-bond acceptors (Lipinski definition) is 2. The maximum absolute atomic E-state index is 5.51. The maximum Gasteiger partial charge on any atom is 0.00383 e. The van der Waals surface area contributed by atoms with E-state index in [0.717, 1.165) is 13.0 Å². The number of nitrogens with zero attached hydrogens (tertiary/aromatic N) is 1. The van der Waals surface area contributed by atoms with Crippen molar-refractivity contribution < 1.29 is 0 Å². The number of hydrogen-bond donors (Lipinski definition) is 1. The Morgan fingerprint density at radius 1 is 1.31 bits per heavy atom. The summed E-state index contributed by atoms with van der Waals surface area (Å²) in [6, 6.07) is 0. The van der Waals surface area contributed by atoms with Crippen molar-refractivity contribution in [2.45, 2.75) is 39.5 Å². The van der Waals surface area contributed by atoms with E-state index in [1.807, 2.05) is 0 Å². The van der Waals surface area contributed by atoms with Crippen molar-refractivity contribution >= 4 is 0 Å². The molecule has 1 aliphatic heterocycles. The molecule has 0 aromatic rings. The molecule has 13 heavy (non-hydrogen) atoms. The van der Waals surface area contributed by atoms with Crippen LogP contribution in [0.15, 0.2) is 0 Å². The van der Waals surface area contributed by atoms with Gasteiger partial charge in [-0.25, -0.2) is 0 Å². The smallest absolute Gasteiger partial charge is 0.00383 e. The van der Waals surface area contributed by atoms with E-state index in [-0.39, 0.29) is 0 Å². The van der Waals surface area contributed by atoms with Crippen LogP contribution >= 0.6 is 0 Å². The Morgan fingerprint density at radius 2 is 2.00 bits per heavy atom. The molecule has 0 aliphatic carbocycles. The molecule has 2 heteroatoms. The van der Waals surface area contributed by atoms with E-state index < -0.39 is 0 Å². The first-order valence-electron chi connectivity index (χ1n) is 5.69. The monoisotopic (exact) mass is 184 g/mol. The topological polar surface area (TPSA) is 29.3 Å². The molecule has 0 aromatic heterocycles. The summed E-state index contributed by atoms with van der Waals surface area (Å²) < 4.78 is 0.